The second kappa shape index (κ2) is 5.63. The van der Waals surface area contributed by atoms with Crippen molar-refractivity contribution < 1.29 is 13.9 Å². The van der Waals surface area contributed by atoms with Gasteiger partial charge in [-0.05, 0) is 30.3 Å². The lowest BCUT2D eigenvalue weighted by molar-refractivity contribution is -0.904. The Balaban J connectivity index is 1.64. The summed E-state index contributed by atoms with van der Waals surface area (Å²) in [6, 6.07) is 12.2. The molecule has 0 saturated carbocycles. The van der Waals surface area contributed by atoms with Gasteiger partial charge in [0.15, 0.2) is 0 Å². The number of nitro benzene ring substituents is 1. The van der Waals surface area contributed by atoms with Crippen LogP contribution in [-0.4, -0.2) is 40.9 Å². The number of fused-ring (bicyclic) bond motifs is 1. The van der Waals surface area contributed by atoms with E-state index in [0.29, 0.717) is 17.3 Å². The van der Waals surface area contributed by atoms with Crippen LogP contribution in [0.15, 0.2) is 46.9 Å². The average Bonchev–Trinajstić information content (AvgIpc) is 3.18. The fourth-order valence-corrected chi connectivity index (χ4v) is 3.16. The van der Waals surface area contributed by atoms with Gasteiger partial charge in [0, 0.05) is 28.8 Å². The third-order valence-electron chi connectivity index (χ3n) is 4.79. The van der Waals surface area contributed by atoms with Gasteiger partial charge < -0.3 is 4.42 Å². The van der Waals surface area contributed by atoms with Gasteiger partial charge in [-0.2, -0.15) is 0 Å². The summed E-state index contributed by atoms with van der Waals surface area (Å²) >= 11 is 0. The number of hydrogen-bond donors (Lipinski definition) is 0. The molecule has 3 aromatic rings. The van der Waals surface area contributed by atoms with Gasteiger partial charge >= 0.3 is 0 Å². The second-order valence-corrected chi connectivity index (χ2v) is 6.86. The van der Waals surface area contributed by atoms with Crippen molar-refractivity contribution in [1.82, 2.24) is 10.2 Å². The Bertz CT molecular complexity index is 994. The van der Waals surface area contributed by atoms with Crippen molar-refractivity contribution in [2.45, 2.75) is 6.54 Å². The fourth-order valence-electron chi connectivity index (χ4n) is 3.16. The predicted octanol–water partition coefficient (Wildman–Crippen LogP) is 3.25. The summed E-state index contributed by atoms with van der Waals surface area (Å²) < 4.78 is 6.54. The summed E-state index contributed by atoms with van der Waals surface area (Å²) in [5.41, 5.74) is 3.95. The molecule has 0 spiro atoms. The minimum Gasteiger partial charge on any atom is -0.416 e. The van der Waals surface area contributed by atoms with E-state index in [-0.39, 0.29) is 5.69 Å². The molecular formula is C18H18N5O3+. The minimum absolute atomic E-state index is 0.0250. The van der Waals surface area contributed by atoms with Crippen LogP contribution in [0, 0.1) is 10.1 Å². The molecule has 1 aliphatic heterocycles. The number of quaternary nitrogens is 1. The molecule has 0 amide bonds. The van der Waals surface area contributed by atoms with Crippen molar-refractivity contribution in [2.75, 3.05) is 26.2 Å². The number of non-ortho nitro benzene ring substituents is 1. The second-order valence-electron chi connectivity index (χ2n) is 6.86. The molecule has 8 nitrogen and oxygen atoms in total. The Morgan fingerprint density at radius 1 is 1.08 bits per heavy atom. The van der Waals surface area contributed by atoms with Crippen molar-refractivity contribution in [1.29, 1.82) is 0 Å². The Hall–Kier alpha value is -3.26. The van der Waals surface area contributed by atoms with Gasteiger partial charge in [-0.1, -0.05) is 0 Å². The van der Waals surface area contributed by atoms with Gasteiger partial charge in [0.25, 0.3) is 5.69 Å². The number of anilines is 1. The smallest absolute Gasteiger partial charge is 0.269 e. The van der Waals surface area contributed by atoms with Gasteiger partial charge in [0.1, 0.15) is 6.54 Å². The lowest BCUT2D eigenvalue weighted by Crippen LogP contribution is -2.47. The maximum atomic E-state index is 10.7. The number of hydrogen-bond acceptors (Lipinski definition) is 6. The molecule has 0 fully saturated rings. The van der Waals surface area contributed by atoms with Crippen molar-refractivity contribution >= 4 is 11.4 Å². The highest BCUT2D eigenvalue weighted by molar-refractivity contribution is 5.65. The summed E-state index contributed by atoms with van der Waals surface area (Å²) in [6.45, 7) is 0.892. The number of nitro groups is 1. The number of benzene rings is 2. The maximum absolute atomic E-state index is 10.7. The first kappa shape index (κ1) is 16.2. The first-order valence-electron chi connectivity index (χ1n) is 8.14. The number of aromatic nitrogens is 2. The highest BCUT2D eigenvalue weighted by Gasteiger charge is 2.33. The first-order valence-corrected chi connectivity index (χ1v) is 8.14. The van der Waals surface area contributed by atoms with Crippen LogP contribution >= 0.6 is 0 Å². The highest BCUT2D eigenvalue weighted by atomic mass is 16.6. The molecule has 0 N–H and O–H groups in total. The van der Waals surface area contributed by atoms with Gasteiger partial charge in [-0.25, -0.2) is 9.60 Å². The normalized spacial score (nSPS) is 15.1. The van der Waals surface area contributed by atoms with Crippen molar-refractivity contribution in [2.24, 2.45) is 0 Å². The zero-order valence-electron chi connectivity index (χ0n) is 14.7. The summed E-state index contributed by atoms with van der Waals surface area (Å²) in [7, 11) is 6.38. The molecule has 0 radical (unpaired) electrons. The Morgan fingerprint density at radius 2 is 1.69 bits per heavy atom. The summed E-state index contributed by atoms with van der Waals surface area (Å²) in [5.74, 6) is 0.768. The quantitative estimate of drug-likeness (QED) is 0.409. The fraction of sp³-hybridized carbons (Fsp3) is 0.222. The molecule has 4 rings (SSSR count). The van der Waals surface area contributed by atoms with Crippen molar-refractivity contribution in [3.05, 3.63) is 58.1 Å². The van der Waals surface area contributed by atoms with E-state index in [1.165, 1.54) is 23.4 Å². The van der Waals surface area contributed by atoms with Gasteiger partial charge in [-0.3, -0.25) is 10.1 Å². The average molecular weight is 352 g/mol. The van der Waals surface area contributed by atoms with Crippen LogP contribution < -0.4 is 5.01 Å². The lowest BCUT2D eigenvalue weighted by atomic mass is 10.1. The van der Waals surface area contributed by atoms with E-state index in [2.05, 4.69) is 48.5 Å². The Kier molecular flexibility index (Phi) is 3.52. The van der Waals surface area contributed by atoms with E-state index in [1.54, 1.807) is 12.1 Å². The van der Waals surface area contributed by atoms with Crippen LogP contribution in [0.1, 0.15) is 5.56 Å². The summed E-state index contributed by atoms with van der Waals surface area (Å²) in [5, 5.41) is 21.2. The predicted molar refractivity (Wildman–Crippen MR) is 96.0 cm³/mol. The molecule has 132 valence electrons. The van der Waals surface area contributed by atoms with Crippen LogP contribution in [0.3, 0.4) is 0 Å². The molecule has 0 atom stereocenters. The van der Waals surface area contributed by atoms with E-state index in [0.717, 1.165) is 16.7 Å². The van der Waals surface area contributed by atoms with Gasteiger partial charge in [0.2, 0.25) is 11.8 Å². The first-order chi connectivity index (χ1) is 12.3. The zero-order valence-corrected chi connectivity index (χ0v) is 14.7. The van der Waals surface area contributed by atoms with E-state index in [4.69, 9.17) is 4.42 Å². The maximum Gasteiger partial charge on any atom is 0.269 e. The lowest BCUT2D eigenvalue weighted by Gasteiger charge is -2.31. The largest absolute Gasteiger partial charge is 0.416 e. The monoisotopic (exact) mass is 352 g/mol. The van der Waals surface area contributed by atoms with E-state index < -0.39 is 4.92 Å². The van der Waals surface area contributed by atoms with Gasteiger partial charge in [-0.15, -0.1) is 10.2 Å². The van der Waals surface area contributed by atoms with Crippen LogP contribution in [0.5, 0.6) is 0 Å². The Morgan fingerprint density at radius 3 is 2.35 bits per heavy atom. The van der Waals surface area contributed by atoms with Gasteiger partial charge in [0.05, 0.1) is 31.8 Å². The van der Waals surface area contributed by atoms with E-state index in [9.17, 15) is 10.1 Å². The van der Waals surface area contributed by atoms with Crippen LogP contribution in [0.2, 0.25) is 0 Å². The molecule has 8 heteroatoms. The molecule has 2 heterocycles. The molecule has 1 aromatic heterocycles. The van der Waals surface area contributed by atoms with E-state index in [1.807, 2.05) is 6.07 Å². The summed E-state index contributed by atoms with van der Waals surface area (Å²) in [4.78, 5) is 10.3. The van der Waals surface area contributed by atoms with Crippen molar-refractivity contribution in [3.8, 4) is 22.9 Å². The minimum atomic E-state index is -0.440. The molecular weight excluding hydrogens is 334 g/mol. The zero-order chi connectivity index (χ0) is 18.5. The highest BCUT2D eigenvalue weighted by Crippen LogP contribution is 2.36. The molecule has 0 unspecified atom stereocenters. The van der Waals surface area contributed by atoms with Crippen LogP contribution in [-0.2, 0) is 6.54 Å². The molecule has 1 aliphatic rings. The molecule has 0 bridgehead atoms. The standard InChI is InChI=1S/C18H18N5O3/c1-21-16-9-6-13(10-14(16)11-23(21,2)3)18-20-19-17(26-18)12-4-7-15(8-5-12)22(24)25/h4-10H,11H2,1-3H3/q+1. The van der Waals surface area contributed by atoms with E-state index >= 15 is 0 Å². The molecule has 0 aliphatic carbocycles. The Labute approximate surface area is 150 Å². The topological polar surface area (TPSA) is 85.3 Å². The summed E-state index contributed by atoms with van der Waals surface area (Å²) in [6.07, 6.45) is 0. The number of rotatable bonds is 3. The molecule has 2 aromatic carbocycles. The third kappa shape index (κ3) is 2.60. The molecule has 0 saturated heterocycles. The van der Waals surface area contributed by atoms with Crippen LogP contribution in [0.25, 0.3) is 22.9 Å². The number of nitrogens with zero attached hydrogens (tertiary/aromatic N) is 5. The molecule has 26 heavy (non-hydrogen) atoms. The van der Waals surface area contributed by atoms with Crippen molar-refractivity contribution in [3.63, 3.8) is 0 Å². The SMILES string of the molecule is CN1c2ccc(-c3nnc(-c4ccc([N+](=O)[O-])cc4)o3)cc2C[N+]1(C)C. The van der Waals surface area contributed by atoms with Crippen LogP contribution in [0.4, 0.5) is 11.4 Å². The third-order valence-corrected chi connectivity index (χ3v) is 4.79.